The lowest BCUT2D eigenvalue weighted by Gasteiger charge is -2.35. The molecule has 9 nitrogen and oxygen atoms in total. The Morgan fingerprint density at radius 1 is 0.925 bits per heavy atom. The van der Waals surface area contributed by atoms with Crippen molar-refractivity contribution in [1.82, 2.24) is 18.9 Å². The van der Waals surface area contributed by atoms with Gasteiger partial charge in [-0.05, 0) is 41.7 Å². The van der Waals surface area contributed by atoms with Crippen LogP contribution in [0.25, 0.3) is 0 Å². The van der Waals surface area contributed by atoms with Crippen molar-refractivity contribution in [3.63, 3.8) is 0 Å². The van der Waals surface area contributed by atoms with Crippen molar-refractivity contribution < 1.29 is 9.59 Å². The highest BCUT2D eigenvalue weighted by atomic mass is 16.2. The van der Waals surface area contributed by atoms with E-state index in [0.29, 0.717) is 44.2 Å². The fraction of sp³-hybridized carbons (Fsp3) is 0.419. The van der Waals surface area contributed by atoms with Crippen LogP contribution in [0.3, 0.4) is 0 Å². The van der Waals surface area contributed by atoms with E-state index in [1.54, 1.807) is 7.05 Å². The molecule has 0 unspecified atom stereocenters. The smallest absolute Gasteiger partial charge is 0.330 e. The molecule has 0 radical (unpaired) electrons. The molecule has 1 fully saturated rings. The van der Waals surface area contributed by atoms with Gasteiger partial charge in [-0.25, -0.2) is 4.79 Å². The van der Waals surface area contributed by atoms with Crippen molar-refractivity contribution >= 4 is 17.5 Å². The topological polar surface area (TPSA) is 87.9 Å². The molecule has 212 valence electrons. The summed E-state index contributed by atoms with van der Waals surface area (Å²) in [7, 11) is 2.99. The van der Waals surface area contributed by atoms with Gasteiger partial charge in [0.1, 0.15) is 5.69 Å². The van der Waals surface area contributed by atoms with Crippen LogP contribution in [0.5, 0.6) is 0 Å². The molecule has 2 aromatic carbocycles. The Balaban J connectivity index is 1.42. The van der Waals surface area contributed by atoms with Gasteiger partial charge in [0.05, 0.1) is 6.54 Å². The lowest BCUT2D eigenvalue weighted by Crippen LogP contribution is -2.49. The van der Waals surface area contributed by atoms with Crippen LogP contribution in [0.1, 0.15) is 53.2 Å². The molecule has 1 aliphatic heterocycles. The molecule has 40 heavy (non-hydrogen) atoms. The highest BCUT2D eigenvalue weighted by molar-refractivity contribution is 5.94. The first-order valence-corrected chi connectivity index (χ1v) is 13.8. The second kappa shape index (κ2) is 12.5. The maximum atomic E-state index is 13.6. The molecule has 4 rings (SSSR count). The van der Waals surface area contributed by atoms with Gasteiger partial charge in [-0.15, -0.1) is 0 Å². The van der Waals surface area contributed by atoms with E-state index in [2.05, 4.69) is 18.7 Å². The Hall–Kier alpha value is -3.98. The molecule has 0 N–H and O–H groups in total. The minimum absolute atomic E-state index is 0.0287. The standard InChI is InChI=1S/C31H39N5O4/c1-22(2)24-10-12-25(13-11-24)29(38)35-18-16-34(17-19-35)15-14-28(37)36(20-26-9-7-6-8-23(26)3)27-21-32(4)31(40)33(5)30(27)39/h6-13,21-22H,14-20H2,1-5H3. The van der Waals surface area contributed by atoms with Crippen molar-refractivity contribution in [3.05, 3.63) is 97.8 Å². The number of aryl methyl sites for hydroxylation is 2. The second-order valence-electron chi connectivity index (χ2n) is 10.8. The maximum absolute atomic E-state index is 13.6. The van der Waals surface area contributed by atoms with Gasteiger partial charge in [0.25, 0.3) is 11.5 Å². The van der Waals surface area contributed by atoms with Crippen molar-refractivity contribution in [2.45, 2.75) is 39.7 Å². The van der Waals surface area contributed by atoms with Gasteiger partial charge in [-0.1, -0.05) is 50.2 Å². The molecule has 1 saturated heterocycles. The molecule has 0 spiro atoms. The minimum Gasteiger partial charge on any atom is -0.336 e. The summed E-state index contributed by atoms with van der Waals surface area (Å²) in [4.78, 5) is 57.4. The summed E-state index contributed by atoms with van der Waals surface area (Å²) in [5.74, 6) is 0.253. The molecular formula is C31H39N5O4. The molecule has 1 aromatic heterocycles. The van der Waals surface area contributed by atoms with Crippen LogP contribution >= 0.6 is 0 Å². The summed E-state index contributed by atoms with van der Waals surface area (Å²) in [6.07, 6.45) is 1.65. The van der Waals surface area contributed by atoms with Gasteiger partial charge in [0, 0.05) is 65.0 Å². The highest BCUT2D eigenvalue weighted by Crippen LogP contribution is 2.18. The van der Waals surface area contributed by atoms with Gasteiger partial charge < -0.3 is 14.4 Å². The first-order valence-electron chi connectivity index (χ1n) is 13.8. The Morgan fingerprint density at radius 3 is 2.20 bits per heavy atom. The van der Waals surface area contributed by atoms with Crippen LogP contribution in [0, 0.1) is 6.92 Å². The average Bonchev–Trinajstić information content (AvgIpc) is 2.96. The molecule has 1 aliphatic rings. The number of rotatable bonds is 8. The number of anilines is 1. The predicted molar refractivity (Wildman–Crippen MR) is 157 cm³/mol. The number of carbonyl (C=O) groups is 2. The van der Waals surface area contributed by atoms with Gasteiger partial charge in [-0.3, -0.25) is 23.9 Å². The van der Waals surface area contributed by atoms with Gasteiger partial charge >= 0.3 is 5.69 Å². The molecule has 0 bridgehead atoms. The fourth-order valence-electron chi connectivity index (χ4n) is 5.00. The number of hydrogen-bond acceptors (Lipinski definition) is 5. The third-order valence-electron chi connectivity index (χ3n) is 7.74. The van der Waals surface area contributed by atoms with E-state index in [1.165, 1.54) is 28.3 Å². The number of carbonyl (C=O) groups excluding carboxylic acids is 2. The molecule has 9 heteroatoms. The Labute approximate surface area is 235 Å². The van der Waals surface area contributed by atoms with Crippen LogP contribution in [-0.4, -0.2) is 63.5 Å². The van der Waals surface area contributed by atoms with E-state index in [9.17, 15) is 19.2 Å². The summed E-state index contributed by atoms with van der Waals surface area (Å²) in [6.45, 7) is 9.49. The van der Waals surface area contributed by atoms with Crippen LogP contribution in [0.2, 0.25) is 0 Å². The zero-order valence-electron chi connectivity index (χ0n) is 24.1. The number of hydrogen-bond donors (Lipinski definition) is 0. The third-order valence-corrected chi connectivity index (χ3v) is 7.74. The number of aromatic nitrogens is 2. The number of benzene rings is 2. The van der Waals surface area contributed by atoms with Crippen molar-refractivity contribution in [2.24, 2.45) is 14.1 Å². The van der Waals surface area contributed by atoms with Gasteiger partial charge in [-0.2, -0.15) is 0 Å². The molecular weight excluding hydrogens is 506 g/mol. The Kier molecular flexibility index (Phi) is 9.04. The van der Waals surface area contributed by atoms with Crippen molar-refractivity contribution in [1.29, 1.82) is 0 Å². The van der Waals surface area contributed by atoms with E-state index < -0.39 is 11.2 Å². The minimum atomic E-state index is -0.501. The Bertz CT molecular complexity index is 1480. The first kappa shape index (κ1) is 29.0. The average molecular weight is 546 g/mol. The largest absolute Gasteiger partial charge is 0.336 e. The van der Waals surface area contributed by atoms with E-state index in [0.717, 1.165) is 15.7 Å². The maximum Gasteiger partial charge on any atom is 0.330 e. The summed E-state index contributed by atoms with van der Waals surface area (Å²) >= 11 is 0. The lowest BCUT2D eigenvalue weighted by atomic mass is 10.0. The number of amides is 2. The van der Waals surface area contributed by atoms with Crippen molar-refractivity contribution in [2.75, 3.05) is 37.6 Å². The molecule has 2 heterocycles. The van der Waals surface area contributed by atoms with Gasteiger partial charge in [0.2, 0.25) is 5.91 Å². The predicted octanol–water partition coefficient (Wildman–Crippen LogP) is 2.90. The molecule has 2 amide bonds. The SMILES string of the molecule is Cc1ccccc1CN(C(=O)CCN1CCN(C(=O)c2ccc(C(C)C)cc2)CC1)c1cn(C)c(=O)n(C)c1=O. The quantitative estimate of drug-likeness (QED) is 0.435. The van der Waals surface area contributed by atoms with E-state index in [-0.39, 0.29) is 30.5 Å². The zero-order valence-corrected chi connectivity index (χ0v) is 24.1. The van der Waals surface area contributed by atoms with E-state index >= 15 is 0 Å². The normalized spacial score (nSPS) is 14.0. The molecule has 0 aliphatic carbocycles. The van der Waals surface area contributed by atoms with Crippen LogP contribution in [0.4, 0.5) is 5.69 Å². The zero-order chi connectivity index (χ0) is 29.0. The molecule has 0 saturated carbocycles. The van der Waals surface area contributed by atoms with Crippen LogP contribution < -0.4 is 16.1 Å². The number of piperazine rings is 1. The lowest BCUT2D eigenvalue weighted by molar-refractivity contribution is -0.119. The highest BCUT2D eigenvalue weighted by Gasteiger charge is 2.25. The van der Waals surface area contributed by atoms with Crippen LogP contribution in [0.15, 0.2) is 64.3 Å². The van der Waals surface area contributed by atoms with E-state index in [4.69, 9.17) is 0 Å². The number of nitrogens with zero attached hydrogens (tertiary/aromatic N) is 5. The van der Waals surface area contributed by atoms with Gasteiger partial charge in [0.15, 0.2) is 0 Å². The Morgan fingerprint density at radius 2 is 1.57 bits per heavy atom. The summed E-state index contributed by atoms with van der Waals surface area (Å²) in [5, 5.41) is 0. The summed E-state index contributed by atoms with van der Waals surface area (Å²) < 4.78 is 2.35. The van der Waals surface area contributed by atoms with Crippen LogP contribution in [-0.2, 0) is 25.4 Å². The third kappa shape index (κ3) is 6.42. The fourth-order valence-corrected chi connectivity index (χ4v) is 5.00. The van der Waals surface area contributed by atoms with E-state index in [1.807, 2.05) is 60.4 Å². The monoisotopic (exact) mass is 545 g/mol. The van der Waals surface area contributed by atoms with Crippen molar-refractivity contribution in [3.8, 4) is 0 Å². The summed E-state index contributed by atoms with van der Waals surface area (Å²) in [5.41, 5.74) is 3.08. The molecule has 0 atom stereocenters. The second-order valence-corrected chi connectivity index (χ2v) is 10.8. The summed E-state index contributed by atoms with van der Waals surface area (Å²) in [6, 6.07) is 15.6. The first-order chi connectivity index (χ1) is 19.1. The molecule has 3 aromatic rings.